The Bertz CT molecular complexity index is 1730. The molecule has 0 unspecified atom stereocenters. The summed E-state index contributed by atoms with van der Waals surface area (Å²) < 4.78 is 0. The van der Waals surface area contributed by atoms with Gasteiger partial charge >= 0.3 is 0 Å². The average molecular weight is 492 g/mol. The summed E-state index contributed by atoms with van der Waals surface area (Å²) in [4.78, 5) is 29.4. The van der Waals surface area contributed by atoms with Crippen LogP contribution in [0.1, 0.15) is 19.3 Å². The second-order valence-electron chi connectivity index (χ2n) is 9.07. The van der Waals surface area contributed by atoms with E-state index in [1.54, 1.807) is 29.9 Å². The minimum absolute atomic E-state index is 0.0769. The van der Waals surface area contributed by atoms with E-state index in [2.05, 4.69) is 53.4 Å². The average Bonchev–Trinajstić information content (AvgIpc) is 3.61. The predicted molar refractivity (Wildman–Crippen MR) is 141 cm³/mol. The van der Waals surface area contributed by atoms with Crippen LogP contribution in [0.15, 0.2) is 65.7 Å². The molecule has 176 valence electrons. The van der Waals surface area contributed by atoms with Gasteiger partial charge in [0.2, 0.25) is 5.91 Å². The number of amides is 1. The maximum atomic E-state index is 12.4. The first-order chi connectivity index (χ1) is 17.7. The van der Waals surface area contributed by atoms with E-state index >= 15 is 0 Å². The van der Waals surface area contributed by atoms with E-state index in [0.29, 0.717) is 17.2 Å². The molecule has 0 spiro atoms. The summed E-state index contributed by atoms with van der Waals surface area (Å²) in [7, 11) is 0. The van der Waals surface area contributed by atoms with Gasteiger partial charge in [0.25, 0.3) is 0 Å². The largest absolute Gasteiger partial charge is 0.335 e. The van der Waals surface area contributed by atoms with Crippen LogP contribution in [0.25, 0.3) is 55.8 Å². The summed E-state index contributed by atoms with van der Waals surface area (Å²) >= 11 is 1.66. The summed E-state index contributed by atoms with van der Waals surface area (Å²) in [6.45, 7) is 0. The predicted octanol–water partition coefficient (Wildman–Crippen LogP) is 6.03. The van der Waals surface area contributed by atoms with Crippen molar-refractivity contribution in [2.45, 2.75) is 19.3 Å². The number of fused-ring (bicyclic) bond motifs is 2. The Morgan fingerprint density at radius 3 is 2.83 bits per heavy atom. The molecule has 0 radical (unpaired) electrons. The number of hydrogen-bond acceptors (Lipinski definition) is 6. The number of H-pyrrole nitrogens is 2. The monoisotopic (exact) mass is 491 g/mol. The molecule has 3 N–H and O–H groups in total. The smallest absolute Gasteiger partial charge is 0.227 e. The molecule has 0 aliphatic heterocycles. The first kappa shape index (κ1) is 21.0. The molecular formula is C27H21N7OS. The Morgan fingerprint density at radius 1 is 1.06 bits per heavy atom. The van der Waals surface area contributed by atoms with Crippen LogP contribution in [0.5, 0.6) is 0 Å². The molecule has 1 saturated carbocycles. The van der Waals surface area contributed by atoms with E-state index in [4.69, 9.17) is 4.98 Å². The van der Waals surface area contributed by atoms with E-state index in [1.807, 2.05) is 24.3 Å². The maximum Gasteiger partial charge on any atom is 0.227 e. The molecule has 0 bridgehead atoms. The fourth-order valence-corrected chi connectivity index (χ4v) is 5.29. The molecule has 36 heavy (non-hydrogen) atoms. The summed E-state index contributed by atoms with van der Waals surface area (Å²) in [6.07, 6.45) is 8.33. The first-order valence-corrected chi connectivity index (χ1v) is 12.8. The molecular weight excluding hydrogens is 470 g/mol. The Hall–Kier alpha value is -4.37. The maximum absolute atomic E-state index is 12.4. The van der Waals surface area contributed by atoms with E-state index in [0.717, 1.165) is 63.6 Å². The van der Waals surface area contributed by atoms with Crippen LogP contribution in [-0.4, -0.2) is 36.0 Å². The molecule has 7 rings (SSSR count). The van der Waals surface area contributed by atoms with Crippen LogP contribution < -0.4 is 5.32 Å². The molecule has 0 atom stereocenters. The van der Waals surface area contributed by atoms with Gasteiger partial charge in [0.15, 0.2) is 11.5 Å². The van der Waals surface area contributed by atoms with Gasteiger partial charge in [0.05, 0.1) is 22.9 Å². The van der Waals surface area contributed by atoms with Gasteiger partial charge in [-0.2, -0.15) is 16.4 Å². The molecule has 8 nitrogen and oxygen atoms in total. The quantitative estimate of drug-likeness (QED) is 0.273. The molecule has 6 aromatic rings. The lowest BCUT2D eigenvalue weighted by Crippen LogP contribution is -2.28. The van der Waals surface area contributed by atoms with Crippen molar-refractivity contribution in [3.05, 3.63) is 65.7 Å². The highest BCUT2D eigenvalue weighted by Gasteiger charge is 2.25. The number of carbonyl (C=O) groups excluding carboxylic acids is 1. The standard InChI is InChI=1S/C27H21N7OS/c35-27(15-2-1-3-15)30-19-10-18(12-28-13-19)16-4-5-22-21(11-16)24(34-33-22)26-31-23-20(17-7-9-36-14-17)6-8-29-25(23)32-26/h4-15H,1-3H2,(H,30,35)(H,33,34)(H,29,31,32). The van der Waals surface area contributed by atoms with Crippen molar-refractivity contribution in [1.29, 1.82) is 0 Å². The van der Waals surface area contributed by atoms with Crippen molar-refractivity contribution in [2.24, 2.45) is 5.92 Å². The van der Waals surface area contributed by atoms with Gasteiger partial charge in [0.1, 0.15) is 5.69 Å². The zero-order valence-corrected chi connectivity index (χ0v) is 20.0. The summed E-state index contributed by atoms with van der Waals surface area (Å²) in [5.74, 6) is 0.855. The summed E-state index contributed by atoms with van der Waals surface area (Å²) in [5, 5.41) is 15.8. The second-order valence-corrected chi connectivity index (χ2v) is 9.85. The van der Waals surface area contributed by atoms with Crippen LogP contribution >= 0.6 is 11.3 Å². The lowest BCUT2D eigenvalue weighted by molar-refractivity contribution is -0.122. The van der Waals surface area contributed by atoms with Gasteiger partial charge in [-0.3, -0.25) is 14.9 Å². The van der Waals surface area contributed by atoms with E-state index in [9.17, 15) is 4.79 Å². The normalized spacial score (nSPS) is 13.8. The lowest BCUT2D eigenvalue weighted by Gasteiger charge is -2.24. The molecule has 1 fully saturated rings. The highest BCUT2D eigenvalue weighted by molar-refractivity contribution is 7.08. The number of aromatic amines is 2. The third-order valence-corrected chi connectivity index (χ3v) is 7.51. The molecule has 1 aliphatic carbocycles. The van der Waals surface area contributed by atoms with Gasteiger partial charge in [-0.25, -0.2) is 9.97 Å². The molecule has 0 saturated heterocycles. The highest BCUT2D eigenvalue weighted by Crippen LogP contribution is 2.34. The second kappa shape index (κ2) is 8.39. The Labute approximate surface area is 209 Å². The third kappa shape index (κ3) is 3.56. The molecule has 1 aliphatic rings. The Morgan fingerprint density at radius 2 is 2.00 bits per heavy atom. The van der Waals surface area contributed by atoms with E-state index in [-0.39, 0.29) is 11.8 Å². The fourth-order valence-electron chi connectivity index (χ4n) is 4.64. The van der Waals surface area contributed by atoms with Crippen molar-refractivity contribution in [1.82, 2.24) is 30.1 Å². The zero-order chi connectivity index (χ0) is 24.1. The summed E-state index contributed by atoms with van der Waals surface area (Å²) in [6, 6.07) is 12.1. The van der Waals surface area contributed by atoms with E-state index in [1.165, 1.54) is 0 Å². The van der Waals surface area contributed by atoms with E-state index < -0.39 is 0 Å². The van der Waals surface area contributed by atoms with Crippen LogP contribution in [-0.2, 0) is 4.79 Å². The number of carbonyl (C=O) groups is 1. The third-order valence-electron chi connectivity index (χ3n) is 6.83. The highest BCUT2D eigenvalue weighted by atomic mass is 32.1. The van der Waals surface area contributed by atoms with Crippen molar-refractivity contribution in [3.63, 3.8) is 0 Å². The van der Waals surface area contributed by atoms with Crippen LogP contribution in [0.3, 0.4) is 0 Å². The number of hydrogen-bond donors (Lipinski definition) is 3. The number of benzene rings is 1. The zero-order valence-electron chi connectivity index (χ0n) is 19.2. The number of nitrogens with one attached hydrogen (secondary N) is 3. The number of aromatic nitrogens is 6. The van der Waals surface area contributed by atoms with Crippen LogP contribution in [0.4, 0.5) is 5.69 Å². The van der Waals surface area contributed by atoms with Crippen molar-refractivity contribution in [2.75, 3.05) is 5.32 Å². The molecule has 5 heterocycles. The van der Waals surface area contributed by atoms with Gasteiger partial charge in [-0.05, 0) is 65.1 Å². The number of anilines is 1. The number of nitrogens with zero attached hydrogens (tertiary/aromatic N) is 4. The van der Waals surface area contributed by atoms with Crippen molar-refractivity contribution < 1.29 is 4.79 Å². The fraction of sp³-hybridized carbons (Fsp3) is 0.148. The molecule has 9 heteroatoms. The topological polar surface area (TPSA) is 112 Å². The minimum Gasteiger partial charge on any atom is -0.335 e. The first-order valence-electron chi connectivity index (χ1n) is 11.8. The molecule has 5 aromatic heterocycles. The number of thiophene rings is 1. The van der Waals surface area contributed by atoms with Crippen molar-refractivity contribution >= 4 is 45.0 Å². The molecule has 1 amide bonds. The van der Waals surface area contributed by atoms with Gasteiger partial charge in [0, 0.05) is 34.8 Å². The van der Waals surface area contributed by atoms with Crippen LogP contribution in [0.2, 0.25) is 0 Å². The number of pyridine rings is 2. The number of imidazole rings is 1. The Balaban J connectivity index is 1.26. The minimum atomic E-state index is 0.0769. The number of rotatable bonds is 5. The van der Waals surface area contributed by atoms with Gasteiger partial charge in [-0.1, -0.05) is 12.5 Å². The van der Waals surface area contributed by atoms with Gasteiger partial charge < -0.3 is 10.3 Å². The Kier molecular flexibility index (Phi) is 4.88. The van der Waals surface area contributed by atoms with Crippen LogP contribution in [0, 0.1) is 5.92 Å². The van der Waals surface area contributed by atoms with Gasteiger partial charge in [-0.15, -0.1) is 0 Å². The summed E-state index contributed by atoms with van der Waals surface area (Å²) in [5.41, 5.74) is 7.97. The molecule has 1 aromatic carbocycles. The van der Waals surface area contributed by atoms with Crippen molar-refractivity contribution in [3.8, 4) is 33.8 Å². The SMILES string of the molecule is O=C(Nc1cncc(-c2ccc3[nH]nc(-c4nc5nccc(-c6ccsc6)c5[nH]4)c3c2)c1)C1CCC1. The lowest BCUT2D eigenvalue weighted by atomic mass is 9.85.